The fourth-order valence-corrected chi connectivity index (χ4v) is 4.96. The van der Waals surface area contributed by atoms with E-state index in [2.05, 4.69) is 32.3 Å². The Morgan fingerprint density at radius 3 is 2.56 bits per heavy atom. The average molecular weight is 511 g/mol. The van der Waals surface area contributed by atoms with Crippen molar-refractivity contribution in [3.63, 3.8) is 0 Å². The average Bonchev–Trinajstić information content (AvgIpc) is 2.81. The molecule has 0 bridgehead atoms. The second-order valence-electron chi connectivity index (χ2n) is 10.6. The highest BCUT2D eigenvalue weighted by molar-refractivity contribution is 6.33. The molecule has 0 radical (unpaired) electrons. The molecule has 3 heterocycles. The number of benzene rings is 1. The first-order chi connectivity index (χ1) is 16.9. The number of anilines is 1. The Morgan fingerprint density at radius 2 is 1.92 bits per heavy atom. The summed E-state index contributed by atoms with van der Waals surface area (Å²) in [7, 11) is 0. The monoisotopic (exact) mass is 510 g/mol. The van der Waals surface area contributed by atoms with Gasteiger partial charge in [-0.25, -0.2) is 9.37 Å². The summed E-state index contributed by atoms with van der Waals surface area (Å²) < 4.78 is 16.5. The number of hydrogen-bond donors (Lipinski definition) is 1. The molecule has 1 aliphatic rings. The normalized spacial score (nSPS) is 18.5. The van der Waals surface area contributed by atoms with Crippen LogP contribution in [0.5, 0.6) is 0 Å². The van der Waals surface area contributed by atoms with Gasteiger partial charge in [-0.3, -0.25) is 14.8 Å². The number of carbonyl (C=O) groups is 1. The molecule has 1 aromatic carbocycles. The maximum atomic E-state index is 14.7. The van der Waals surface area contributed by atoms with E-state index in [1.54, 1.807) is 33.7 Å². The zero-order valence-electron chi connectivity index (χ0n) is 21.3. The first-order valence-electron chi connectivity index (χ1n) is 12.0. The van der Waals surface area contributed by atoms with Crippen LogP contribution in [0.4, 0.5) is 10.2 Å². The Hall–Kier alpha value is -3.26. The summed E-state index contributed by atoms with van der Waals surface area (Å²) in [5.41, 5.74) is 1.05. The summed E-state index contributed by atoms with van der Waals surface area (Å²) >= 11 is 6.70. The van der Waals surface area contributed by atoms with Gasteiger partial charge in [0.15, 0.2) is 0 Å². The lowest BCUT2D eigenvalue weighted by molar-refractivity contribution is -0.128. The molecule has 0 aliphatic carbocycles. The van der Waals surface area contributed by atoms with Crippen molar-refractivity contribution >= 4 is 34.4 Å². The van der Waals surface area contributed by atoms with Gasteiger partial charge in [-0.2, -0.15) is 4.98 Å². The number of piperazine rings is 1. The SMILES string of the molecule is C=CC(=O)N1C[C@H](C)N(c2nc(=N)n(CC(C)(C)C)c3nc(-c4ccccc4F)c(Cl)cc23)C[C@H]1C. The Bertz CT molecular complexity index is 1400. The third-order valence-electron chi connectivity index (χ3n) is 6.40. The van der Waals surface area contributed by atoms with Crippen molar-refractivity contribution in [3.8, 4) is 11.3 Å². The molecule has 1 aliphatic heterocycles. The molecule has 2 atom stereocenters. The predicted molar refractivity (Wildman–Crippen MR) is 141 cm³/mol. The molecular weight excluding hydrogens is 479 g/mol. The summed E-state index contributed by atoms with van der Waals surface area (Å²) in [6.45, 7) is 15.4. The molecular formula is C27H32ClFN6O. The van der Waals surface area contributed by atoms with Gasteiger partial charge >= 0.3 is 0 Å². The van der Waals surface area contributed by atoms with E-state index < -0.39 is 5.82 Å². The van der Waals surface area contributed by atoms with E-state index >= 15 is 0 Å². The number of carbonyl (C=O) groups excluding carboxylic acids is 1. The molecule has 1 fully saturated rings. The fourth-order valence-electron chi connectivity index (χ4n) is 4.70. The molecule has 190 valence electrons. The molecule has 0 saturated carbocycles. The first kappa shape index (κ1) is 25.8. The highest BCUT2D eigenvalue weighted by atomic mass is 35.5. The van der Waals surface area contributed by atoms with Crippen molar-refractivity contribution in [3.05, 3.63) is 59.4 Å². The van der Waals surface area contributed by atoms with Crippen LogP contribution in [0.25, 0.3) is 22.3 Å². The first-order valence-corrected chi connectivity index (χ1v) is 12.4. The quantitative estimate of drug-likeness (QED) is 0.499. The van der Waals surface area contributed by atoms with E-state index in [9.17, 15) is 9.18 Å². The van der Waals surface area contributed by atoms with Gasteiger partial charge in [-0.1, -0.05) is 51.1 Å². The van der Waals surface area contributed by atoms with Crippen LogP contribution in [0.2, 0.25) is 5.02 Å². The van der Waals surface area contributed by atoms with Crippen LogP contribution in [0.15, 0.2) is 43.0 Å². The summed E-state index contributed by atoms with van der Waals surface area (Å²) in [6, 6.07) is 8.01. The van der Waals surface area contributed by atoms with Gasteiger partial charge in [0.05, 0.1) is 16.1 Å². The molecule has 0 spiro atoms. The standard InChI is InChI=1S/C27H32ClFN6O/c1-7-22(36)33-13-17(3)34(14-16(33)2)25-19-12-20(28)23(18-10-8-9-11-21(18)29)31-24(19)35(26(30)32-25)15-27(4,5)6/h7-12,16-17,30H,1,13-15H2,2-6H3/t16-,17+/m1/s1. The van der Waals surface area contributed by atoms with Gasteiger partial charge in [0.2, 0.25) is 11.5 Å². The Kier molecular flexibility index (Phi) is 6.92. The number of rotatable bonds is 4. The van der Waals surface area contributed by atoms with Gasteiger partial charge in [-0.05, 0) is 43.5 Å². The summed E-state index contributed by atoms with van der Waals surface area (Å²) in [4.78, 5) is 25.8. The topological polar surface area (TPSA) is 78.1 Å². The van der Waals surface area contributed by atoms with Gasteiger partial charge in [0, 0.05) is 37.3 Å². The highest BCUT2D eigenvalue weighted by Gasteiger charge is 2.33. The molecule has 1 amide bonds. The molecule has 36 heavy (non-hydrogen) atoms. The van der Waals surface area contributed by atoms with Crippen LogP contribution < -0.4 is 10.5 Å². The van der Waals surface area contributed by atoms with Crippen LogP contribution in [-0.4, -0.2) is 50.5 Å². The van der Waals surface area contributed by atoms with Crippen molar-refractivity contribution in [2.24, 2.45) is 5.41 Å². The Labute approximate surface area is 215 Å². The lowest BCUT2D eigenvalue weighted by Gasteiger charge is -2.44. The number of hydrogen-bond acceptors (Lipinski definition) is 5. The zero-order chi connectivity index (χ0) is 26.4. The number of aromatic nitrogens is 3. The minimum Gasteiger partial charge on any atom is -0.349 e. The van der Waals surface area contributed by atoms with E-state index in [-0.39, 0.29) is 29.0 Å². The predicted octanol–water partition coefficient (Wildman–Crippen LogP) is 5.03. The number of amides is 1. The van der Waals surface area contributed by atoms with Crippen LogP contribution in [0.3, 0.4) is 0 Å². The third-order valence-corrected chi connectivity index (χ3v) is 6.69. The Morgan fingerprint density at radius 1 is 1.22 bits per heavy atom. The van der Waals surface area contributed by atoms with E-state index in [1.165, 1.54) is 12.1 Å². The molecule has 3 aromatic rings. The van der Waals surface area contributed by atoms with Crippen LogP contribution >= 0.6 is 11.6 Å². The lowest BCUT2D eigenvalue weighted by atomic mass is 9.97. The largest absolute Gasteiger partial charge is 0.349 e. The third kappa shape index (κ3) is 4.87. The van der Waals surface area contributed by atoms with Crippen molar-refractivity contribution in [1.29, 1.82) is 5.41 Å². The molecule has 1 N–H and O–H groups in total. The highest BCUT2D eigenvalue weighted by Crippen LogP contribution is 2.35. The molecule has 1 saturated heterocycles. The van der Waals surface area contributed by atoms with E-state index in [0.29, 0.717) is 52.8 Å². The van der Waals surface area contributed by atoms with Crippen molar-refractivity contribution in [2.45, 2.75) is 53.2 Å². The van der Waals surface area contributed by atoms with Gasteiger partial charge in [-0.15, -0.1) is 0 Å². The number of nitrogens with zero attached hydrogens (tertiary/aromatic N) is 5. The lowest BCUT2D eigenvalue weighted by Crippen LogP contribution is -2.58. The molecule has 0 unspecified atom stereocenters. The molecule has 9 heteroatoms. The smallest absolute Gasteiger partial charge is 0.246 e. The Balaban J connectivity index is 1.94. The summed E-state index contributed by atoms with van der Waals surface area (Å²) in [6.07, 6.45) is 1.33. The second-order valence-corrected chi connectivity index (χ2v) is 11.0. The van der Waals surface area contributed by atoms with Crippen LogP contribution in [0.1, 0.15) is 34.6 Å². The zero-order valence-corrected chi connectivity index (χ0v) is 22.1. The maximum absolute atomic E-state index is 14.7. The second kappa shape index (κ2) is 9.65. The van der Waals surface area contributed by atoms with Crippen molar-refractivity contribution in [1.82, 2.24) is 19.4 Å². The number of nitrogens with one attached hydrogen (secondary N) is 1. The molecule has 4 rings (SSSR count). The minimum atomic E-state index is -0.417. The summed E-state index contributed by atoms with van der Waals surface area (Å²) in [5.74, 6) is 0.0578. The van der Waals surface area contributed by atoms with Crippen LogP contribution in [-0.2, 0) is 11.3 Å². The number of pyridine rings is 1. The van der Waals surface area contributed by atoms with E-state index in [4.69, 9.17) is 27.0 Å². The summed E-state index contributed by atoms with van der Waals surface area (Å²) in [5, 5.41) is 9.80. The number of fused-ring (bicyclic) bond motifs is 1. The number of halogens is 2. The maximum Gasteiger partial charge on any atom is 0.246 e. The minimum absolute atomic E-state index is 0.0613. The van der Waals surface area contributed by atoms with Crippen LogP contribution in [0, 0.1) is 16.6 Å². The van der Waals surface area contributed by atoms with Gasteiger partial charge in [0.1, 0.15) is 17.3 Å². The van der Waals surface area contributed by atoms with Crippen molar-refractivity contribution < 1.29 is 9.18 Å². The van der Waals surface area contributed by atoms with E-state index in [0.717, 1.165) is 0 Å². The molecule has 2 aromatic heterocycles. The van der Waals surface area contributed by atoms with E-state index in [1.807, 2.05) is 13.8 Å². The fraction of sp³-hybridized carbons (Fsp3) is 0.407. The van der Waals surface area contributed by atoms with Crippen molar-refractivity contribution in [2.75, 3.05) is 18.0 Å². The van der Waals surface area contributed by atoms with Gasteiger partial charge < -0.3 is 9.80 Å². The van der Waals surface area contributed by atoms with Gasteiger partial charge in [0.25, 0.3) is 0 Å². The molecule has 7 nitrogen and oxygen atoms in total.